The summed E-state index contributed by atoms with van der Waals surface area (Å²) in [4.78, 5) is 40.0. The number of carbonyl (C=O) groups is 2. The lowest BCUT2D eigenvalue weighted by atomic mass is 9.90. The molecule has 0 spiro atoms. The van der Waals surface area contributed by atoms with E-state index in [1.165, 1.54) is 18.2 Å². The van der Waals surface area contributed by atoms with Gasteiger partial charge in [0.05, 0.1) is 16.5 Å². The van der Waals surface area contributed by atoms with E-state index in [2.05, 4.69) is 0 Å². The molecule has 31 heavy (non-hydrogen) atoms. The molecule has 0 bridgehead atoms. The third kappa shape index (κ3) is 4.60. The summed E-state index contributed by atoms with van der Waals surface area (Å²) in [5, 5.41) is 20.6. The second-order valence-electron chi connectivity index (χ2n) is 8.12. The number of nitrogens with zero attached hydrogens (tertiary/aromatic N) is 2. The Labute approximate surface area is 179 Å². The molecule has 0 aliphatic carbocycles. The lowest BCUT2D eigenvalue weighted by molar-refractivity contribution is 0.0685. The summed E-state index contributed by atoms with van der Waals surface area (Å²) in [5.74, 6) is -2.21. The maximum atomic E-state index is 12.6. The second-order valence-corrected chi connectivity index (χ2v) is 8.12. The molecular formula is C23H26N2O6. The third-order valence-corrected chi connectivity index (χ3v) is 5.32. The number of likely N-dealkylation sites (N-methyl/N-ethyl adjacent to an activating group) is 2. The fourth-order valence-electron chi connectivity index (χ4n) is 3.77. The van der Waals surface area contributed by atoms with Crippen molar-refractivity contribution in [3.63, 3.8) is 0 Å². The van der Waals surface area contributed by atoms with E-state index in [0.29, 0.717) is 42.3 Å². The Balaban J connectivity index is 2.44. The van der Waals surface area contributed by atoms with E-state index >= 15 is 0 Å². The van der Waals surface area contributed by atoms with Crippen molar-refractivity contribution in [1.29, 1.82) is 0 Å². The summed E-state index contributed by atoms with van der Waals surface area (Å²) in [6, 6.07) is 5.77. The molecule has 0 amide bonds. The average molecular weight is 426 g/mol. The van der Waals surface area contributed by atoms with Crippen LogP contribution in [0.3, 0.4) is 0 Å². The van der Waals surface area contributed by atoms with Crippen LogP contribution in [-0.4, -0.2) is 73.2 Å². The number of hydrogen-bond donors (Lipinski definition) is 2. The van der Waals surface area contributed by atoms with Gasteiger partial charge in [-0.15, -0.1) is 0 Å². The zero-order chi connectivity index (χ0) is 22.9. The van der Waals surface area contributed by atoms with Gasteiger partial charge in [0.15, 0.2) is 0 Å². The van der Waals surface area contributed by atoms with Crippen molar-refractivity contribution >= 4 is 33.7 Å². The van der Waals surface area contributed by atoms with Crippen LogP contribution in [0, 0.1) is 0 Å². The molecule has 8 heteroatoms. The van der Waals surface area contributed by atoms with Crippen molar-refractivity contribution in [2.24, 2.45) is 0 Å². The Kier molecular flexibility index (Phi) is 6.42. The fourth-order valence-corrected chi connectivity index (χ4v) is 3.77. The monoisotopic (exact) mass is 426 g/mol. The molecule has 3 aromatic rings. The molecule has 0 radical (unpaired) electrons. The zero-order valence-corrected chi connectivity index (χ0v) is 18.1. The van der Waals surface area contributed by atoms with E-state index in [1.807, 2.05) is 38.0 Å². The minimum absolute atomic E-state index is 0.0102. The minimum Gasteiger partial charge on any atom is -0.478 e. The first kappa shape index (κ1) is 22.5. The summed E-state index contributed by atoms with van der Waals surface area (Å²) < 4.78 is 5.49. The van der Waals surface area contributed by atoms with Gasteiger partial charge >= 0.3 is 17.6 Å². The maximum Gasteiger partial charge on any atom is 0.344 e. The Bertz CT molecular complexity index is 1230. The topological polar surface area (TPSA) is 111 Å². The molecule has 1 heterocycles. The second kappa shape index (κ2) is 8.87. The number of carboxylic acids is 2. The Morgan fingerprint density at radius 2 is 1.48 bits per heavy atom. The van der Waals surface area contributed by atoms with E-state index in [4.69, 9.17) is 4.42 Å². The molecular weight excluding hydrogens is 400 g/mol. The first-order valence-corrected chi connectivity index (χ1v) is 9.91. The van der Waals surface area contributed by atoms with E-state index in [-0.39, 0.29) is 22.1 Å². The molecule has 0 unspecified atom stereocenters. The largest absolute Gasteiger partial charge is 0.478 e. The van der Waals surface area contributed by atoms with Gasteiger partial charge in [0.2, 0.25) is 0 Å². The first-order valence-electron chi connectivity index (χ1n) is 9.91. The lowest BCUT2D eigenvalue weighted by Gasteiger charge is -2.20. The maximum absolute atomic E-state index is 12.6. The van der Waals surface area contributed by atoms with Crippen LogP contribution in [0.5, 0.6) is 0 Å². The predicted molar refractivity (Wildman–Crippen MR) is 118 cm³/mol. The van der Waals surface area contributed by atoms with E-state index in [9.17, 15) is 24.6 Å². The van der Waals surface area contributed by atoms with Crippen LogP contribution in [0.4, 0.5) is 0 Å². The number of carboxylic acid groups (broad SMARTS) is 2. The summed E-state index contributed by atoms with van der Waals surface area (Å²) in [6.07, 6.45) is 1.07. The molecule has 164 valence electrons. The summed E-state index contributed by atoms with van der Waals surface area (Å²) in [7, 11) is 7.70. The highest BCUT2D eigenvalue weighted by Gasteiger charge is 2.22. The van der Waals surface area contributed by atoms with Crippen LogP contribution in [0.25, 0.3) is 21.7 Å². The molecule has 8 nitrogen and oxygen atoms in total. The number of hydrogen-bond acceptors (Lipinski definition) is 6. The first-order chi connectivity index (χ1) is 14.6. The van der Waals surface area contributed by atoms with Crippen molar-refractivity contribution in [1.82, 2.24) is 9.80 Å². The molecule has 2 N–H and O–H groups in total. The van der Waals surface area contributed by atoms with E-state index in [0.717, 1.165) is 5.56 Å². The van der Waals surface area contributed by atoms with Crippen LogP contribution >= 0.6 is 0 Å². The van der Waals surface area contributed by atoms with Gasteiger partial charge < -0.3 is 24.4 Å². The molecule has 0 aliphatic rings. The summed E-state index contributed by atoms with van der Waals surface area (Å²) in [6.45, 7) is 1.32. The molecule has 0 saturated carbocycles. The summed E-state index contributed by atoms with van der Waals surface area (Å²) in [5.41, 5.74) is 1.12. The molecule has 3 rings (SSSR count). The Morgan fingerprint density at radius 1 is 0.871 bits per heavy atom. The van der Waals surface area contributed by atoms with Crippen LogP contribution in [0.1, 0.15) is 31.8 Å². The fraction of sp³-hybridized carbons (Fsp3) is 0.348. The van der Waals surface area contributed by atoms with Crippen molar-refractivity contribution in [3.05, 3.63) is 56.9 Å². The quantitative estimate of drug-likeness (QED) is 0.418. The normalized spacial score (nSPS) is 11.7. The lowest BCUT2D eigenvalue weighted by Crippen LogP contribution is -2.21. The van der Waals surface area contributed by atoms with Crippen molar-refractivity contribution in [2.75, 3.05) is 41.3 Å². The van der Waals surface area contributed by atoms with E-state index in [1.54, 1.807) is 6.07 Å². The smallest absolute Gasteiger partial charge is 0.344 e. The number of benzene rings is 2. The van der Waals surface area contributed by atoms with Crippen molar-refractivity contribution in [2.45, 2.75) is 12.8 Å². The predicted octanol–water partition coefficient (Wildman–Crippen LogP) is 2.55. The van der Waals surface area contributed by atoms with Gasteiger partial charge in [-0.05, 0) is 70.4 Å². The number of rotatable bonds is 8. The standard InChI is InChI=1S/C23H26N2O6/c1-24(2)9-7-14-16(8-10-25(3)4)20-15-6-5-13(21(26)27)11-18(15)23(30)31-19(20)12-17(14)22(28)29/h5-6,11-12H,7-10H2,1-4H3,(H,26,27)(H,28,29). The highest BCUT2D eigenvalue weighted by Crippen LogP contribution is 2.32. The zero-order valence-electron chi connectivity index (χ0n) is 18.1. The van der Waals surface area contributed by atoms with Gasteiger partial charge in [-0.1, -0.05) is 6.07 Å². The van der Waals surface area contributed by atoms with Gasteiger partial charge in [0.25, 0.3) is 0 Å². The van der Waals surface area contributed by atoms with Gasteiger partial charge in [0, 0.05) is 23.9 Å². The molecule has 2 aromatic carbocycles. The van der Waals surface area contributed by atoms with Gasteiger partial charge in [-0.25, -0.2) is 14.4 Å². The Morgan fingerprint density at radius 3 is 2.03 bits per heavy atom. The van der Waals surface area contributed by atoms with Crippen LogP contribution < -0.4 is 5.63 Å². The molecule has 0 aliphatic heterocycles. The molecule has 0 atom stereocenters. The van der Waals surface area contributed by atoms with Gasteiger partial charge in [0.1, 0.15) is 5.58 Å². The SMILES string of the molecule is CN(C)CCc1c(C(=O)O)cc2oc(=O)c3cc(C(=O)O)ccc3c2c1CCN(C)C. The highest BCUT2D eigenvalue weighted by atomic mass is 16.4. The van der Waals surface area contributed by atoms with Crippen molar-refractivity contribution < 1.29 is 24.2 Å². The minimum atomic E-state index is -1.14. The summed E-state index contributed by atoms with van der Waals surface area (Å²) >= 11 is 0. The van der Waals surface area contributed by atoms with Crippen LogP contribution in [0.15, 0.2) is 33.5 Å². The van der Waals surface area contributed by atoms with Crippen LogP contribution in [0.2, 0.25) is 0 Å². The van der Waals surface area contributed by atoms with Crippen molar-refractivity contribution in [3.8, 4) is 0 Å². The number of aromatic carboxylic acids is 2. The van der Waals surface area contributed by atoms with Gasteiger partial charge in [-0.3, -0.25) is 0 Å². The molecule has 1 aromatic heterocycles. The van der Waals surface area contributed by atoms with Crippen LogP contribution in [-0.2, 0) is 12.8 Å². The highest BCUT2D eigenvalue weighted by molar-refractivity contribution is 6.10. The molecule has 0 saturated heterocycles. The number of fused-ring (bicyclic) bond motifs is 3. The van der Waals surface area contributed by atoms with Gasteiger partial charge in [-0.2, -0.15) is 0 Å². The van der Waals surface area contributed by atoms with E-state index < -0.39 is 17.6 Å². The molecule has 0 fully saturated rings. The average Bonchev–Trinajstić information content (AvgIpc) is 2.69. The third-order valence-electron chi connectivity index (χ3n) is 5.32. The Hall–Kier alpha value is -3.23.